The van der Waals surface area contributed by atoms with Gasteiger partial charge in [-0.05, 0) is 0 Å². The standard InChI is InChI=1S/C4H5NO3/c6-3-5-2-1-4(7)8/h1-3H,(H,5,6)(H,7,8)/b2-1-. The maximum atomic E-state index is 9.63. The summed E-state index contributed by atoms with van der Waals surface area (Å²) in [5.41, 5.74) is 0. The lowest BCUT2D eigenvalue weighted by Crippen LogP contribution is -2.00. The molecule has 0 fully saturated rings. The Labute approximate surface area is 45.8 Å². The van der Waals surface area contributed by atoms with Gasteiger partial charge in [0.2, 0.25) is 6.41 Å². The molecule has 8 heavy (non-hydrogen) atoms. The van der Waals surface area contributed by atoms with Crippen molar-refractivity contribution < 1.29 is 14.7 Å². The van der Waals surface area contributed by atoms with Gasteiger partial charge in [-0.2, -0.15) is 0 Å². The topological polar surface area (TPSA) is 66.4 Å². The summed E-state index contributed by atoms with van der Waals surface area (Å²) in [6.45, 7) is 0. The molecule has 0 unspecified atom stereocenters. The minimum Gasteiger partial charge on any atom is -0.478 e. The van der Waals surface area contributed by atoms with Crippen LogP contribution >= 0.6 is 0 Å². The van der Waals surface area contributed by atoms with Crippen LogP contribution in [0.3, 0.4) is 0 Å². The molecule has 0 aliphatic rings. The number of carboxylic acid groups (broad SMARTS) is 1. The molecule has 0 aliphatic carbocycles. The van der Waals surface area contributed by atoms with Crippen molar-refractivity contribution in [3.05, 3.63) is 12.3 Å². The summed E-state index contributed by atoms with van der Waals surface area (Å²) in [4.78, 5) is 19.1. The number of hydrogen-bond donors (Lipinski definition) is 2. The lowest BCUT2D eigenvalue weighted by atomic mass is 10.6. The largest absolute Gasteiger partial charge is 0.478 e. The van der Waals surface area contributed by atoms with Crippen LogP contribution in [0.5, 0.6) is 0 Å². The van der Waals surface area contributed by atoms with E-state index in [4.69, 9.17) is 5.11 Å². The highest BCUT2D eigenvalue weighted by Gasteiger charge is 1.80. The Morgan fingerprint density at radius 2 is 2.25 bits per heavy atom. The van der Waals surface area contributed by atoms with E-state index < -0.39 is 5.97 Å². The van der Waals surface area contributed by atoms with Crippen molar-refractivity contribution in [2.45, 2.75) is 0 Å². The molecule has 0 bridgehead atoms. The van der Waals surface area contributed by atoms with Gasteiger partial charge in [-0.3, -0.25) is 4.79 Å². The Morgan fingerprint density at radius 3 is 2.62 bits per heavy atom. The Bertz CT molecular complexity index is 118. The number of amides is 1. The van der Waals surface area contributed by atoms with Gasteiger partial charge in [0.25, 0.3) is 0 Å². The summed E-state index contributed by atoms with van der Waals surface area (Å²) in [7, 11) is 0. The zero-order valence-electron chi connectivity index (χ0n) is 4.00. The lowest BCUT2D eigenvalue weighted by Gasteiger charge is -1.78. The molecule has 0 aromatic carbocycles. The minimum absolute atomic E-state index is 0.388. The molecule has 1 amide bonds. The molecule has 0 saturated heterocycles. The molecule has 0 aromatic rings. The second kappa shape index (κ2) is 3.86. The zero-order valence-corrected chi connectivity index (χ0v) is 4.00. The maximum Gasteiger partial charge on any atom is 0.329 e. The third kappa shape index (κ3) is 4.68. The molecule has 0 saturated carbocycles. The van der Waals surface area contributed by atoms with E-state index in [-0.39, 0.29) is 0 Å². The van der Waals surface area contributed by atoms with Gasteiger partial charge < -0.3 is 10.4 Å². The summed E-state index contributed by atoms with van der Waals surface area (Å²) in [6.07, 6.45) is 2.25. The highest BCUT2D eigenvalue weighted by Crippen LogP contribution is 1.63. The van der Waals surface area contributed by atoms with Crippen LogP contribution in [-0.2, 0) is 9.59 Å². The zero-order chi connectivity index (χ0) is 6.41. The second-order valence-electron chi connectivity index (χ2n) is 0.956. The van der Waals surface area contributed by atoms with E-state index >= 15 is 0 Å². The number of aliphatic carboxylic acids is 1. The lowest BCUT2D eigenvalue weighted by molar-refractivity contribution is -0.131. The fourth-order valence-electron chi connectivity index (χ4n) is 0.159. The second-order valence-corrected chi connectivity index (χ2v) is 0.956. The highest BCUT2D eigenvalue weighted by atomic mass is 16.4. The number of rotatable bonds is 3. The fraction of sp³-hybridized carbons (Fsp3) is 0. The molecule has 4 heteroatoms. The van der Waals surface area contributed by atoms with Gasteiger partial charge in [-0.15, -0.1) is 0 Å². The van der Waals surface area contributed by atoms with Gasteiger partial charge in [-0.25, -0.2) is 4.79 Å². The number of nitrogens with one attached hydrogen (secondary N) is 1. The van der Waals surface area contributed by atoms with Gasteiger partial charge in [0, 0.05) is 12.3 Å². The summed E-state index contributed by atoms with van der Waals surface area (Å²) in [5.74, 6) is -1.08. The van der Waals surface area contributed by atoms with Crippen molar-refractivity contribution in [2.75, 3.05) is 0 Å². The summed E-state index contributed by atoms with van der Waals surface area (Å²) in [6, 6.07) is 0. The molecular weight excluding hydrogens is 110 g/mol. The molecule has 2 N–H and O–H groups in total. The van der Waals surface area contributed by atoms with Crippen molar-refractivity contribution >= 4 is 12.4 Å². The third-order valence-corrected chi connectivity index (χ3v) is 0.390. The van der Waals surface area contributed by atoms with E-state index in [0.717, 1.165) is 12.3 Å². The first-order valence-electron chi connectivity index (χ1n) is 1.86. The quantitative estimate of drug-likeness (QED) is 0.378. The minimum atomic E-state index is -1.08. The molecule has 0 radical (unpaired) electrons. The highest BCUT2D eigenvalue weighted by molar-refractivity contribution is 5.79. The first kappa shape index (κ1) is 6.68. The van der Waals surface area contributed by atoms with Crippen molar-refractivity contribution in [2.24, 2.45) is 0 Å². The van der Waals surface area contributed by atoms with Crippen molar-refractivity contribution in [1.82, 2.24) is 5.32 Å². The summed E-state index contributed by atoms with van der Waals surface area (Å²) >= 11 is 0. The molecule has 0 aliphatic heterocycles. The predicted octanol–water partition coefficient (Wildman–Crippen LogP) is -0.669. The Hall–Kier alpha value is -1.32. The van der Waals surface area contributed by atoms with Crippen LogP contribution in [0.2, 0.25) is 0 Å². The van der Waals surface area contributed by atoms with E-state index in [2.05, 4.69) is 0 Å². The Balaban J connectivity index is 3.34. The molecule has 0 aromatic heterocycles. The van der Waals surface area contributed by atoms with E-state index in [0.29, 0.717) is 6.41 Å². The third-order valence-electron chi connectivity index (χ3n) is 0.390. The summed E-state index contributed by atoms with van der Waals surface area (Å²) in [5, 5.41) is 9.94. The number of carbonyl (C=O) groups is 2. The Morgan fingerprint density at radius 1 is 1.62 bits per heavy atom. The molecular formula is C4H5NO3. The van der Waals surface area contributed by atoms with Gasteiger partial charge >= 0.3 is 5.97 Å². The maximum absolute atomic E-state index is 9.63. The number of carboxylic acids is 1. The van der Waals surface area contributed by atoms with Crippen LogP contribution in [0.1, 0.15) is 0 Å². The number of carbonyl (C=O) groups excluding carboxylic acids is 1. The normalized spacial score (nSPS) is 9.00. The molecule has 44 valence electrons. The van der Waals surface area contributed by atoms with Crippen LogP contribution < -0.4 is 5.32 Å². The van der Waals surface area contributed by atoms with Crippen LogP contribution in [0, 0.1) is 0 Å². The van der Waals surface area contributed by atoms with E-state index in [1.807, 2.05) is 5.32 Å². The van der Waals surface area contributed by atoms with Gasteiger partial charge in [-0.1, -0.05) is 0 Å². The van der Waals surface area contributed by atoms with E-state index in [1.54, 1.807) is 0 Å². The van der Waals surface area contributed by atoms with Gasteiger partial charge in [0.15, 0.2) is 0 Å². The first-order chi connectivity index (χ1) is 3.77. The predicted molar refractivity (Wildman–Crippen MR) is 26.0 cm³/mol. The average Bonchev–Trinajstić information content (AvgIpc) is 1.66. The monoisotopic (exact) mass is 115 g/mol. The van der Waals surface area contributed by atoms with Gasteiger partial charge in [0.05, 0.1) is 0 Å². The van der Waals surface area contributed by atoms with Gasteiger partial charge in [0.1, 0.15) is 0 Å². The van der Waals surface area contributed by atoms with Crippen molar-refractivity contribution in [1.29, 1.82) is 0 Å². The van der Waals surface area contributed by atoms with Crippen molar-refractivity contribution in [3.8, 4) is 0 Å². The Kier molecular flexibility index (Phi) is 3.22. The first-order valence-corrected chi connectivity index (χ1v) is 1.86. The van der Waals surface area contributed by atoms with Crippen molar-refractivity contribution in [3.63, 3.8) is 0 Å². The van der Waals surface area contributed by atoms with Crippen LogP contribution in [0.15, 0.2) is 12.3 Å². The molecule has 4 nitrogen and oxygen atoms in total. The van der Waals surface area contributed by atoms with E-state index in [1.165, 1.54) is 0 Å². The molecule has 0 atom stereocenters. The van der Waals surface area contributed by atoms with E-state index in [9.17, 15) is 9.59 Å². The molecule has 0 spiro atoms. The smallest absolute Gasteiger partial charge is 0.329 e. The van der Waals surface area contributed by atoms with Crippen LogP contribution in [0.25, 0.3) is 0 Å². The molecule has 0 rings (SSSR count). The average molecular weight is 115 g/mol. The fourth-order valence-corrected chi connectivity index (χ4v) is 0.159. The molecule has 0 heterocycles. The summed E-state index contributed by atoms with van der Waals surface area (Å²) < 4.78 is 0. The number of hydrogen-bond acceptors (Lipinski definition) is 2. The van der Waals surface area contributed by atoms with Crippen LogP contribution in [-0.4, -0.2) is 17.5 Å². The van der Waals surface area contributed by atoms with Crippen LogP contribution in [0.4, 0.5) is 0 Å². The SMILES string of the molecule is O=CN/C=C\C(=O)O.